The third kappa shape index (κ3) is 5.05. The van der Waals surface area contributed by atoms with Crippen LogP contribution in [0.4, 0.5) is 22.0 Å². The number of anilines is 2. The number of likely N-dealkylation sites (tertiary alicyclic amines) is 1. The Morgan fingerprint density at radius 2 is 2.03 bits per heavy atom. The van der Waals surface area contributed by atoms with E-state index in [-0.39, 0.29) is 17.6 Å². The summed E-state index contributed by atoms with van der Waals surface area (Å²) in [6.07, 6.45) is 3.91. The predicted molar refractivity (Wildman–Crippen MR) is 121 cm³/mol. The van der Waals surface area contributed by atoms with Crippen molar-refractivity contribution < 1.29 is 19.2 Å². The number of rotatable bonds is 6. The highest BCUT2D eigenvalue weighted by Gasteiger charge is 2.44. The summed E-state index contributed by atoms with van der Waals surface area (Å²) in [5, 5.41) is 14.5. The van der Waals surface area contributed by atoms with Gasteiger partial charge in [0, 0.05) is 37.8 Å². The van der Waals surface area contributed by atoms with Crippen LogP contribution in [0.2, 0.25) is 0 Å². The molecule has 1 N–H and O–H groups in total. The number of nitro groups is 1. The summed E-state index contributed by atoms with van der Waals surface area (Å²) in [5.41, 5.74) is 0.714. The van der Waals surface area contributed by atoms with Gasteiger partial charge in [0.2, 0.25) is 5.82 Å². The highest BCUT2D eigenvalue weighted by Crippen LogP contribution is 2.41. The summed E-state index contributed by atoms with van der Waals surface area (Å²) in [7, 11) is 1.60. The summed E-state index contributed by atoms with van der Waals surface area (Å²) in [6, 6.07) is 6.81. The maximum Gasteiger partial charge on any atom is 0.410 e. The van der Waals surface area contributed by atoms with E-state index >= 15 is 0 Å². The number of hydrogen-bond acceptors (Lipinski definition) is 8. The molecule has 1 aliphatic heterocycles. The van der Waals surface area contributed by atoms with Crippen molar-refractivity contribution >= 4 is 23.3 Å². The molecule has 1 amide bonds. The molecule has 0 radical (unpaired) electrons. The lowest BCUT2D eigenvalue weighted by molar-refractivity contribution is -0.384. The van der Waals surface area contributed by atoms with Gasteiger partial charge in [-0.15, -0.1) is 0 Å². The molecule has 0 spiro atoms. The molecule has 33 heavy (non-hydrogen) atoms. The van der Waals surface area contributed by atoms with Crippen molar-refractivity contribution in [3.05, 3.63) is 52.0 Å². The van der Waals surface area contributed by atoms with Crippen molar-refractivity contribution in [3.63, 3.8) is 0 Å². The van der Waals surface area contributed by atoms with Crippen LogP contribution in [-0.2, 0) is 15.1 Å². The number of methoxy groups -OCH3 is 1. The van der Waals surface area contributed by atoms with Crippen LogP contribution in [0.1, 0.15) is 57.3 Å². The number of ether oxygens (including phenoxy) is 2. The van der Waals surface area contributed by atoms with Gasteiger partial charge in [-0.25, -0.2) is 9.78 Å². The summed E-state index contributed by atoms with van der Waals surface area (Å²) in [6.45, 7) is 6.31. The first-order valence-corrected chi connectivity index (χ1v) is 11.0. The molecule has 1 atom stereocenters. The van der Waals surface area contributed by atoms with Gasteiger partial charge in [0.1, 0.15) is 11.2 Å². The molecular formula is C23H29N5O5. The van der Waals surface area contributed by atoms with Crippen LogP contribution in [0.5, 0.6) is 0 Å². The lowest BCUT2D eigenvalue weighted by Crippen LogP contribution is -2.39. The minimum atomic E-state index is -0.744. The zero-order valence-corrected chi connectivity index (χ0v) is 19.3. The average Bonchev–Trinajstić information content (AvgIpc) is 3.51. The first-order chi connectivity index (χ1) is 15.6. The molecule has 2 aromatic heterocycles. The van der Waals surface area contributed by atoms with E-state index in [1.807, 2.05) is 20.8 Å². The predicted octanol–water partition coefficient (Wildman–Crippen LogP) is 4.49. The van der Waals surface area contributed by atoms with Crippen molar-refractivity contribution in [1.82, 2.24) is 14.9 Å². The number of nitrogens with zero attached hydrogens (tertiary/aromatic N) is 4. The molecule has 1 aliphatic carbocycles. The number of amides is 1. The van der Waals surface area contributed by atoms with Crippen molar-refractivity contribution in [2.24, 2.45) is 0 Å². The van der Waals surface area contributed by atoms with Gasteiger partial charge in [0.25, 0.3) is 0 Å². The average molecular weight is 456 g/mol. The van der Waals surface area contributed by atoms with Gasteiger partial charge in [-0.1, -0.05) is 0 Å². The van der Waals surface area contributed by atoms with Crippen LogP contribution in [0.15, 0.2) is 30.5 Å². The SMILES string of the molecule is COC1(c2ccc(Nc3nc(C4CC4)ccc3[N+](=O)[O-])cn2)CCN(C(=O)OC(C)(C)C)C1. The quantitative estimate of drug-likeness (QED) is 0.500. The van der Waals surface area contributed by atoms with Crippen LogP contribution >= 0.6 is 0 Å². The molecule has 2 aromatic rings. The van der Waals surface area contributed by atoms with Gasteiger partial charge in [-0.2, -0.15) is 0 Å². The van der Waals surface area contributed by atoms with Gasteiger partial charge in [0.05, 0.1) is 29.0 Å². The van der Waals surface area contributed by atoms with Crippen LogP contribution in [0.25, 0.3) is 0 Å². The number of aromatic nitrogens is 2. The Balaban J connectivity index is 1.51. The Hall–Kier alpha value is -3.27. The smallest absolute Gasteiger partial charge is 0.410 e. The Morgan fingerprint density at radius 1 is 1.27 bits per heavy atom. The molecule has 0 bridgehead atoms. The lowest BCUT2D eigenvalue weighted by Gasteiger charge is -2.28. The molecule has 2 fully saturated rings. The highest BCUT2D eigenvalue weighted by molar-refractivity contribution is 5.69. The molecule has 4 rings (SSSR count). The number of hydrogen-bond donors (Lipinski definition) is 1. The van der Waals surface area contributed by atoms with Gasteiger partial charge in [0.15, 0.2) is 0 Å². The molecule has 0 aromatic carbocycles. The normalized spacial score (nSPS) is 20.5. The summed E-state index contributed by atoms with van der Waals surface area (Å²) in [5.74, 6) is 0.584. The van der Waals surface area contributed by atoms with E-state index in [0.29, 0.717) is 36.8 Å². The first-order valence-electron chi connectivity index (χ1n) is 11.0. The standard InChI is InChI=1S/C23H29N5O5/c1-22(2,3)33-21(29)27-12-11-23(14-27,32-4)19-10-7-16(13-24-19)25-20-18(28(30)31)9-8-17(26-20)15-5-6-15/h7-10,13,15H,5-6,11-12,14H2,1-4H3,(H,25,26). The maximum absolute atomic E-state index is 12.5. The van der Waals surface area contributed by atoms with E-state index in [1.165, 1.54) is 6.07 Å². The second kappa shape index (κ2) is 8.58. The highest BCUT2D eigenvalue weighted by atomic mass is 16.6. The fraction of sp³-hybridized carbons (Fsp3) is 0.522. The van der Waals surface area contributed by atoms with E-state index in [2.05, 4.69) is 15.3 Å². The number of nitrogens with one attached hydrogen (secondary N) is 1. The first kappa shape index (κ1) is 22.9. The molecule has 176 valence electrons. The molecule has 1 saturated heterocycles. The van der Waals surface area contributed by atoms with Crippen molar-refractivity contribution in [3.8, 4) is 0 Å². The monoisotopic (exact) mass is 455 g/mol. The summed E-state index contributed by atoms with van der Waals surface area (Å²) < 4.78 is 11.3. The van der Waals surface area contributed by atoms with Crippen molar-refractivity contribution in [2.45, 2.75) is 57.2 Å². The van der Waals surface area contributed by atoms with Crippen LogP contribution in [0.3, 0.4) is 0 Å². The summed E-state index contributed by atoms with van der Waals surface area (Å²) >= 11 is 0. The van der Waals surface area contributed by atoms with Gasteiger partial charge in [-0.3, -0.25) is 15.1 Å². The van der Waals surface area contributed by atoms with Crippen LogP contribution < -0.4 is 5.32 Å². The Morgan fingerprint density at radius 3 is 2.61 bits per heavy atom. The summed E-state index contributed by atoms with van der Waals surface area (Å²) in [4.78, 5) is 34.1. The fourth-order valence-electron chi connectivity index (χ4n) is 3.93. The second-order valence-corrected chi connectivity index (χ2v) is 9.54. The largest absolute Gasteiger partial charge is 0.444 e. The molecular weight excluding hydrogens is 426 g/mol. The minimum absolute atomic E-state index is 0.0827. The number of pyridine rings is 2. The van der Waals surface area contributed by atoms with Crippen LogP contribution in [-0.4, -0.2) is 51.7 Å². The van der Waals surface area contributed by atoms with E-state index in [1.54, 1.807) is 36.4 Å². The maximum atomic E-state index is 12.5. The van der Waals surface area contributed by atoms with Crippen molar-refractivity contribution in [1.29, 1.82) is 0 Å². The topological polar surface area (TPSA) is 120 Å². The Bertz CT molecular complexity index is 1050. The second-order valence-electron chi connectivity index (χ2n) is 9.54. The lowest BCUT2D eigenvalue weighted by atomic mass is 9.97. The zero-order chi connectivity index (χ0) is 23.8. The van der Waals surface area contributed by atoms with E-state index < -0.39 is 16.1 Å². The molecule has 1 saturated carbocycles. The fourth-order valence-corrected chi connectivity index (χ4v) is 3.93. The molecule has 1 unspecified atom stereocenters. The molecule has 2 aliphatic rings. The third-order valence-corrected chi connectivity index (χ3v) is 5.86. The molecule has 10 heteroatoms. The number of carbonyl (C=O) groups is 1. The van der Waals surface area contributed by atoms with E-state index in [0.717, 1.165) is 18.5 Å². The van der Waals surface area contributed by atoms with E-state index in [9.17, 15) is 14.9 Å². The van der Waals surface area contributed by atoms with Crippen molar-refractivity contribution in [2.75, 3.05) is 25.5 Å². The molecule has 10 nitrogen and oxygen atoms in total. The van der Waals surface area contributed by atoms with Gasteiger partial charge >= 0.3 is 11.8 Å². The van der Waals surface area contributed by atoms with Gasteiger partial charge in [-0.05, 0) is 51.8 Å². The minimum Gasteiger partial charge on any atom is -0.444 e. The van der Waals surface area contributed by atoms with E-state index in [4.69, 9.17) is 9.47 Å². The Kier molecular flexibility index (Phi) is 5.96. The van der Waals surface area contributed by atoms with Crippen LogP contribution in [0, 0.1) is 10.1 Å². The van der Waals surface area contributed by atoms with Gasteiger partial charge < -0.3 is 19.7 Å². The number of carbonyl (C=O) groups excluding carboxylic acids is 1. The zero-order valence-electron chi connectivity index (χ0n) is 19.3. The Labute approximate surface area is 192 Å². The molecule has 3 heterocycles. The third-order valence-electron chi connectivity index (χ3n) is 5.86.